The van der Waals surface area contributed by atoms with Crippen LogP contribution in [0.4, 0.5) is 0 Å². The number of rotatable bonds is 6. The van der Waals surface area contributed by atoms with Crippen molar-refractivity contribution >= 4 is 5.91 Å². The van der Waals surface area contributed by atoms with E-state index >= 15 is 0 Å². The van der Waals surface area contributed by atoms with Crippen LogP contribution >= 0.6 is 0 Å². The van der Waals surface area contributed by atoms with Crippen molar-refractivity contribution in [1.82, 2.24) is 24.9 Å². The minimum absolute atomic E-state index is 0.0872. The van der Waals surface area contributed by atoms with Crippen molar-refractivity contribution in [3.63, 3.8) is 0 Å². The van der Waals surface area contributed by atoms with Crippen LogP contribution in [-0.2, 0) is 7.05 Å². The Kier molecular flexibility index (Phi) is 4.83. The van der Waals surface area contributed by atoms with Gasteiger partial charge in [0.15, 0.2) is 0 Å². The molecule has 1 aromatic carbocycles. The predicted octanol–water partition coefficient (Wildman–Crippen LogP) is 2.50. The molecule has 7 heteroatoms. The van der Waals surface area contributed by atoms with Crippen molar-refractivity contribution < 1.29 is 9.53 Å². The average molecular weight is 339 g/mol. The molecular formula is C18H21N5O2. The third-order valence-corrected chi connectivity index (χ3v) is 4.02. The summed E-state index contributed by atoms with van der Waals surface area (Å²) in [6.45, 7) is 2.02. The van der Waals surface area contributed by atoms with E-state index in [1.165, 1.54) is 0 Å². The Bertz CT molecular complexity index is 868. The van der Waals surface area contributed by atoms with Gasteiger partial charge in [0, 0.05) is 25.0 Å². The van der Waals surface area contributed by atoms with Gasteiger partial charge in [-0.2, -0.15) is 10.2 Å². The Balaban J connectivity index is 1.78. The van der Waals surface area contributed by atoms with Crippen molar-refractivity contribution in [3.05, 3.63) is 60.2 Å². The van der Waals surface area contributed by atoms with Gasteiger partial charge >= 0.3 is 0 Å². The van der Waals surface area contributed by atoms with Crippen molar-refractivity contribution in [1.29, 1.82) is 0 Å². The van der Waals surface area contributed by atoms with E-state index in [1.54, 1.807) is 35.1 Å². The standard InChI is InChI=1S/C18H21N5O2/c1-4-15(13-9-19-22(2)11-13)21-18(24)14-10-20-23(12-14)16-7-5-6-8-17(16)25-3/h5-12,15H,4H2,1-3H3,(H,21,24)/t15-/m1/s1. The number of nitrogens with zero attached hydrogens (tertiary/aromatic N) is 4. The maximum Gasteiger partial charge on any atom is 0.254 e. The Labute approximate surface area is 146 Å². The molecule has 0 bridgehead atoms. The number of ether oxygens (including phenoxy) is 1. The van der Waals surface area contributed by atoms with Gasteiger partial charge in [-0.15, -0.1) is 0 Å². The van der Waals surface area contributed by atoms with Crippen molar-refractivity contribution in [2.45, 2.75) is 19.4 Å². The highest BCUT2D eigenvalue weighted by atomic mass is 16.5. The molecule has 0 fully saturated rings. The van der Waals surface area contributed by atoms with Crippen LogP contribution in [0.1, 0.15) is 35.3 Å². The van der Waals surface area contributed by atoms with Crippen LogP contribution in [-0.4, -0.2) is 32.6 Å². The number of aromatic nitrogens is 4. The lowest BCUT2D eigenvalue weighted by Gasteiger charge is -2.14. The van der Waals surface area contributed by atoms with Gasteiger partial charge in [0.2, 0.25) is 0 Å². The second-order valence-corrected chi connectivity index (χ2v) is 5.73. The molecule has 2 heterocycles. The fourth-order valence-corrected chi connectivity index (χ4v) is 2.67. The van der Waals surface area contributed by atoms with E-state index in [0.717, 1.165) is 17.7 Å². The molecule has 0 spiro atoms. The molecule has 7 nitrogen and oxygen atoms in total. The highest BCUT2D eigenvalue weighted by molar-refractivity contribution is 5.94. The van der Waals surface area contributed by atoms with Gasteiger partial charge in [0.1, 0.15) is 11.4 Å². The first-order chi connectivity index (χ1) is 12.1. The lowest BCUT2D eigenvalue weighted by molar-refractivity contribution is 0.0935. The third-order valence-electron chi connectivity index (χ3n) is 4.02. The Hall–Kier alpha value is -3.09. The quantitative estimate of drug-likeness (QED) is 0.749. The van der Waals surface area contributed by atoms with Crippen LogP contribution < -0.4 is 10.1 Å². The molecule has 0 radical (unpaired) electrons. The zero-order valence-corrected chi connectivity index (χ0v) is 14.5. The second-order valence-electron chi connectivity index (χ2n) is 5.73. The van der Waals surface area contributed by atoms with Crippen LogP contribution in [0.25, 0.3) is 5.69 Å². The molecule has 25 heavy (non-hydrogen) atoms. The summed E-state index contributed by atoms with van der Waals surface area (Å²) in [5, 5.41) is 11.5. The number of benzene rings is 1. The molecule has 0 unspecified atom stereocenters. The van der Waals surface area contributed by atoms with Gasteiger partial charge in [0.05, 0.1) is 31.1 Å². The summed E-state index contributed by atoms with van der Waals surface area (Å²) < 4.78 is 8.70. The van der Waals surface area contributed by atoms with Gasteiger partial charge in [-0.25, -0.2) is 4.68 Å². The Morgan fingerprint density at radius 2 is 2.04 bits per heavy atom. The second kappa shape index (κ2) is 7.21. The number of para-hydroxylation sites is 2. The van der Waals surface area contributed by atoms with Crippen LogP contribution in [0.15, 0.2) is 49.1 Å². The van der Waals surface area contributed by atoms with Gasteiger partial charge in [-0.1, -0.05) is 19.1 Å². The number of nitrogens with one attached hydrogen (secondary N) is 1. The SMILES string of the molecule is CC[C@@H](NC(=O)c1cnn(-c2ccccc2OC)c1)c1cnn(C)c1. The Morgan fingerprint density at radius 3 is 2.72 bits per heavy atom. The third kappa shape index (κ3) is 3.55. The number of carbonyl (C=O) groups excluding carboxylic acids is 1. The van der Waals surface area contributed by atoms with Crippen LogP contribution in [0, 0.1) is 0 Å². The van der Waals surface area contributed by atoms with E-state index in [1.807, 2.05) is 44.4 Å². The fourth-order valence-electron chi connectivity index (χ4n) is 2.67. The van der Waals surface area contributed by atoms with E-state index in [0.29, 0.717) is 11.3 Å². The summed E-state index contributed by atoms with van der Waals surface area (Å²) in [6.07, 6.45) is 7.71. The van der Waals surface area contributed by atoms with Crippen LogP contribution in [0.5, 0.6) is 5.75 Å². The molecule has 1 N–H and O–H groups in total. The zero-order chi connectivity index (χ0) is 17.8. The summed E-state index contributed by atoms with van der Waals surface area (Å²) in [6, 6.07) is 7.44. The smallest absolute Gasteiger partial charge is 0.254 e. The van der Waals surface area contributed by atoms with E-state index in [9.17, 15) is 4.79 Å². The molecular weight excluding hydrogens is 318 g/mol. The summed E-state index contributed by atoms with van der Waals surface area (Å²) in [5.41, 5.74) is 2.26. The molecule has 0 aliphatic carbocycles. The van der Waals surface area contributed by atoms with E-state index < -0.39 is 0 Å². The molecule has 2 aromatic heterocycles. The zero-order valence-electron chi connectivity index (χ0n) is 14.5. The predicted molar refractivity (Wildman–Crippen MR) is 93.8 cm³/mol. The molecule has 0 saturated carbocycles. The van der Waals surface area contributed by atoms with Gasteiger partial charge in [0.25, 0.3) is 5.91 Å². The van der Waals surface area contributed by atoms with E-state index in [2.05, 4.69) is 15.5 Å². The van der Waals surface area contributed by atoms with Crippen molar-refractivity contribution in [2.75, 3.05) is 7.11 Å². The number of methoxy groups -OCH3 is 1. The monoisotopic (exact) mass is 339 g/mol. The summed E-state index contributed by atoms with van der Waals surface area (Å²) in [7, 11) is 3.46. The molecule has 0 saturated heterocycles. The minimum atomic E-state index is -0.170. The topological polar surface area (TPSA) is 74.0 Å². The minimum Gasteiger partial charge on any atom is -0.494 e. The van der Waals surface area contributed by atoms with Crippen molar-refractivity contribution in [2.24, 2.45) is 7.05 Å². The largest absolute Gasteiger partial charge is 0.494 e. The summed E-state index contributed by atoms with van der Waals surface area (Å²) >= 11 is 0. The lowest BCUT2D eigenvalue weighted by Crippen LogP contribution is -2.27. The lowest BCUT2D eigenvalue weighted by atomic mass is 10.1. The molecule has 130 valence electrons. The Morgan fingerprint density at radius 1 is 1.24 bits per heavy atom. The van der Waals surface area contributed by atoms with Gasteiger partial charge in [-0.3, -0.25) is 9.48 Å². The molecule has 3 aromatic rings. The van der Waals surface area contributed by atoms with E-state index in [4.69, 9.17) is 4.74 Å². The summed E-state index contributed by atoms with van der Waals surface area (Å²) in [4.78, 5) is 12.6. The fraction of sp³-hybridized carbons (Fsp3) is 0.278. The number of hydrogen-bond donors (Lipinski definition) is 1. The molecule has 1 amide bonds. The van der Waals surface area contributed by atoms with E-state index in [-0.39, 0.29) is 11.9 Å². The molecule has 0 aliphatic heterocycles. The van der Waals surface area contributed by atoms with Crippen LogP contribution in [0.3, 0.4) is 0 Å². The first-order valence-corrected chi connectivity index (χ1v) is 8.09. The maximum atomic E-state index is 12.6. The summed E-state index contributed by atoms with van der Waals surface area (Å²) in [5.74, 6) is 0.524. The van der Waals surface area contributed by atoms with Crippen molar-refractivity contribution in [3.8, 4) is 11.4 Å². The molecule has 0 aliphatic rings. The average Bonchev–Trinajstić information content (AvgIpc) is 3.28. The molecule has 3 rings (SSSR count). The van der Waals surface area contributed by atoms with Crippen LogP contribution in [0.2, 0.25) is 0 Å². The number of carbonyl (C=O) groups is 1. The first kappa shape index (κ1) is 16.8. The maximum absolute atomic E-state index is 12.6. The van der Waals surface area contributed by atoms with Gasteiger partial charge in [-0.05, 0) is 18.6 Å². The highest BCUT2D eigenvalue weighted by Gasteiger charge is 2.17. The van der Waals surface area contributed by atoms with Gasteiger partial charge < -0.3 is 10.1 Å². The number of hydrogen-bond acceptors (Lipinski definition) is 4. The first-order valence-electron chi connectivity index (χ1n) is 8.09. The normalized spacial score (nSPS) is 12.0. The molecule has 1 atom stereocenters. The number of aryl methyl sites for hydroxylation is 1. The number of amides is 1. The highest BCUT2D eigenvalue weighted by Crippen LogP contribution is 2.22.